The van der Waals surface area contributed by atoms with Crippen molar-refractivity contribution in [3.8, 4) is 17.3 Å². The van der Waals surface area contributed by atoms with Crippen molar-refractivity contribution in [1.29, 1.82) is 5.26 Å². The van der Waals surface area contributed by atoms with Crippen molar-refractivity contribution in [2.24, 2.45) is 7.05 Å². The van der Waals surface area contributed by atoms with Gasteiger partial charge in [0, 0.05) is 25.4 Å². The number of amides is 1. The summed E-state index contributed by atoms with van der Waals surface area (Å²) in [6.07, 6.45) is 3.33. The van der Waals surface area contributed by atoms with Crippen LogP contribution in [0, 0.1) is 11.3 Å². The Kier molecular flexibility index (Phi) is 7.06. The molecular weight excluding hydrogens is 426 g/mol. The van der Waals surface area contributed by atoms with E-state index in [0.717, 1.165) is 16.7 Å². The fourth-order valence-electron chi connectivity index (χ4n) is 3.60. The third kappa shape index (κ3) is 5.52. The smallest absolute Gasteiger partial charge is 0.247 e. The highest BCUT2D eigenvalue weighted by molar-refractivity contribution is 5.94. The highest BCUT2D eigenvalue weighted by Gasteiger charge is 2.22. The quantitative estimate of drug-likeness (QED) is 0.422. The summed E-state index contributed by atoms with van der Waals surface area (Å²) < 4.78 is 0. The van der Waals surface area contributed by atoms with E-state index in [-0.39, 0.29) is 11.8 Å². The summed E-state index contributed by atoms with van der Waals surface area (Å²) in [5, 5.41) is 23.7. The lowest BCUT2D eigenvalue weighted by Crippen LogP contribution is -2.35. The Morgan fingerprint density at radius 2 is 1.79 bits per heavy atom. The van der Waals surface area contributed by atoms with Crippen LogP contribution in [0.2, 0.25) is 0 Å². The van der Waals surface area contributed by atoms with Gasteiger partial charge in [-0.05, 0) is 41.3 Å². The van der Waals surface area contributed by atoms with Gasteiger partial charge in [-0.1, -0.05) is 49.4 Å². The second-order valence-electron chi connectivity index (χ2n) is 8.03. The van der Waals surface area contributed by atoms with E-state index in [1.807, 2.05) is 60.7 Å². The van der Waals surface area contributed by atoms with Gasteiger partial charge in [-0.3, -0.25) is 4.79 Å². The molecule has 8 nitrogen and oxygen atoms in total. The maximum absolute atomic E-state index is 13.2. The molecular formula is C26H25N7O. The van der Waals surface area contributed by atoms with E-state index in [2.05, 4.69) is 38.8 Å². The number of hydrogen-bond acceptors (Lipinski definition) is 6. The lowest BCUT2D eigenvalue weighted by Gasteiger charge is -2.21. The molecule has 0 spiro atoms. The molecule has 4 rings (SSSR count). The molecule has 0 saturated heterocycles. The summed E-state index contributed by atoms with van der Waals surface area (Å²) in [6.45, 7) is 2.67. The van der Waals surface area contributed by atoms with Crippen LogP contribution < -0.4 is 10.6 Å². The number of nitriles is 1. The van der Waals surface area contributed by atoms with Gasteiger partial charge < -0.3 is 10.6 Å². The number of aromatic nitrogens is 4. The van der Waals surface area contributed by atoms with E-state index < -0.39 is 6.04 Å². The maximum atomic E-state index is 13.2. The molecule has 0 bridgehead atoms. The van der Waals surface area contributed by atoms with Gasteiger partial charge in [0.15, 0.2) is 0 Å². The van der Waals surface area contributed by atoms with Gasteiger partial charge in [-0.15, -0.1) is 0 Å². The summed E-state index contributed by atoms with van der Waals surface area (Å²) >= 11 is 0. The number of nitrogens with zero attached hydrogens (tertiary/aromatic N) is 5. The Bertz CT molecular complexity index is 1280. The third-order valence-corrected chi connectivity index (χ3v) is 5.54. The number of rotatable bonds is 8. The minimum absolute atomic E-state index is 0.149. The van der Waals surface area contributed by atoms with Crippen LogP contribution in [-0.4, -0.2) is 32.4 Å². The molecule has 2 aromatic carbocycles. The first kappa shape index (κ1) is 22.8. The average molecular weight is 452 g/mol. The first-order chi connectivity index (χ1) is 16.5. The minimum atomic E-state index is -0.552. The number of aryl methyl sites for hydroxylation is 1. The number of carbonyl (C=O) groups excluding carboxylic acids is 1. The van der Waals surface area contributed by atoms with E-state index in [1.54, 1.807) is 25.5 Å². The van der Waals surface area contributed by atoms with Crippen molar-refractivity contribution < 1.29 is 4.79 Å². The molecule has 2 atom stereocenters. The standard InChI is InChI=1S/C26H25N7O/c1-18(20-10-8-19(14-27)9-11-20)15-29-25(21-6-4-3-5-7-21)26(34)31-24-13-12-22(16-28-24)23-17-30-33(2)32-23/h3-13,16-18,25,29H,15H2,1-2H3,(H,28,31,34)/t18-,25?/m1/s1. The monoisotopic (exact) mass is 451 g/mol. The number of benzene rings is 2. The van der Waals surface area contributed by atoms with Crippen LogP contribution in [0.5, 0.6) is 0 Å². The lowest BCUT2D eigenvalue weighted by atomic mass is 9.98. The van der Waals surface area contributed by atoms with Crippen molar-refractivity contribution in [2.45, 2.75) is 18.9 Å². The number of nitrogens with one attached hydrogen (secondary N) is 2. The zero-order valence-electron chi connectivity index (χ0n) is 19.0. The Morgan fingerprint density at radius 1 is 1.03 bits per heavy atom. The molecule has 2 N–H and O–H groups in total. The molecule has 1 unspecified atom stereocenters. The van der Waals surface area contributed by atoms with Crippen LogP contribution in [0.1, 0.15) is 35.6 Å². The summed E-state index contributed by atoms with van der Waals surface area (Å²) in [7, 11) is 1.75. The molecule has 34 heavy (non-hydrogen) atoms. The zero-order chi connectivity index (χ0) is 23.9. The SMILES string of the molecule is C[C@H](CNC(C(=O)Nc1ccc(-c2cnn(C)n2)cn1)c1ccccc1)c1ccc(C#N)cc1. The van der Waals surface area contributed by atoms with E-state index in [1.165, 1.54) is 4.80 Å². The number of anilines is 1. The molecule has 0 radical (unpaired) electrons. The van der Waals surface area contributed by atoms with Crippen LogP contribution in [0.4, 0.5) is 5.82 Å². The summed E-state index contributed by atoms with van der Waals surface area (Å²) in [5.41, 5.74) is 4.13. The summed E-state index contributed by atoms with van der Waals surface area (Å²) in [5.74, 6) is 0.412. The van der Waals surface area contributed by atoms with Crippen molar-refractivity contribution in [2.75, 3.05) is 11.9 Å². The number of hydrogen-bond donors (Lipinski definition) is 2. The largest absolute Gasteiger partial charge is 0.309 e. The van der Waals surface area contributed by atoms with Gasteiger partial charge in [0.1, 0.15) is 17.6 Å². The third-order valence-electron chi connectivity index (χ3n) is 5.54. The molecule has 4 aromatic rings. The van der Waals surface area contributed by atoms with Crippen LogP contribution in [0.25, 0.3) is 11.3 Å². The highest BCUT2D eigenvalue weighted by atomic mass is 16.2. The van der Waals surface area contributed by atoms with Gasteiger partial charge in [-0.2, -0.15) is 20.3 Å². The number of pyridine rings is 1. The van der Waals surface area contributed by atoms with E-state index in [9.17, 15) is 4.79 Å². The fraction of sp³-hybridized carbons (Fsp3) is 0.192. The predicted octanol–water partition coefficient (Wildman–Crippen LogP) is 3.82. The summed E-state index contributed by atoms with van der Waals surface area (Å²) in [4.78, 5) is 19.1. The zero-order valence-corrected chi connectivity index (χ0v) is 19.0. The fourth-order valence-corrected chi connectivity index (χ4v) is 3.60. The van der Waals surface area contributed by atoms with Gasteiger partial charge in [-0.25, -0.2) is 4.98 Å². The topological polar surface area (TPSA) is 109 Å². The van der Waals surface area contributed by atoms with Gasteiger partial charge in [0.05, 0.1) is 17.8 Å². The van der Waals surface area contributed by atoms with Gasteiger partial charge >= 0.3 is 0 Å². The molecule has 0 fully saturated rings. The molecule has 2 aromatic heterocycles. The second-order valence-corrected chi connectivity index (χ2v) is 8.03. The maximum Gasteiger partial charge on any atom is 0.247 e. The van der Waals surface area contributed by atoms with Crippen LogP contribution in [0.3, 0.4) is 0 Å². The Labute approximate surface area is 198 Å². The van der Waals surface area contributed by atoms with Crippen LogP contribution >= 0.6 is 0 Å². The molecule has 0 aliphatic heterocycles. The van der Waals surface area contributed by atoms with E-state index in [0.29, 0.717) is 23.6 Å². The molecule has 1 amide bonds. The Morgan fingerprint density at radius 3 is 2.41 bits per heavy atom. The van der Waals surface area contributed by atoms with Crippen molar-refractivity contribution in [3.63, 3.8) is 0 Å². The predicted molar refractivity (Wildman–Crippen MR) is 130 cm³/mol. The summed E-state index contributed by atoms with van der Waals surface area (Å²) in [6, 6.07) is 22.3. The molecule has 0 saturated carbocycles. The lowest BCUT2D eigenvalue weighted by molar-refractivity contribution is -0.118. The van der Waals surface area contributed by atoms with E-state index >= 15 is 0 Å². The first-order valence-electron chi connectivity index (χ1n) is 11.0. The molecule has 0 aliphatic rings. The second kappa shape index (κ2) is 10.5. The minimum Gasteiger partial charge on any atom is -0.309 e. The van der Waals surface area contributed by atoms with Crippen LogP contribution in [0.15, 0.2) is 79.1 Å². The molecule has 0 aliphatic carbocycles. The van der Waals surface area contributed by atoms with Crippen LogP contribution in [-0.2, 0) is 11.8 Å². The van der Waals surface area contributed by atoms with Crippen molar-refractivity contribution >= 4 is 11.7 Å². The Hall–Kier alpha value is -4.35. The molecule has 170 valence electrons. The van der Waals surface area contributed by atoms with Crippen molar-refractivity contribution in [3.05, 3.63) is 95.8 Å². The molecule has 2 heterocycles. The van der Waals surface area contributed by atoms with E-state index in [4.69, 9.17) is 5.26 Å². The first-order valence-corrected chi connectivity index (χ1v) is 11.0. The Balaban J connectivity index is 1.46. The highest BCUT2D eigenvalue weighted by Crippen LogP contribution is 2.21. The van der Waals surface area contributed by atoms with Gasteiger partial charge in [0.2, 0.25) is 5.91 Å². The van der Waals surface area contributed by atoms with Crippen molar-refractivity contribution in [1.82, 2.24) is 25.3 Å². The average Bonchev–Trinajstić information content (AvgIpc) is 3.31. The normalized spacial score (nSPS) is 12.5. The molecule has 8 heteroatoms. The number of carbonyl (C=O) groups is 1. The van der Waals surface area contributed by atoms with Gasteiger partial charge in [0.25, 0.3) is 0 Å².